The summed E-state index contributed by atoms with van der Waals surface area (Å²) in [7, 11) is 0. The van der Waals surface area contributed by atoms with E-state index < -0.39 is 16.6 Å². The first kappa shape index (κ1) is 21.8. The highest BCUT2D eigenvalue weighted by Gasteiger charge is 2.47. The number of hydrogen-bond acceptors (Lipinski definition) is 3. The maximum absolute atomic E-state index is 13.0. The van der Waals surface area contributed by atoms with Crippen molar-refractivity contribution >= 4 is 23.7 Å². The number of urea groups is 1. The molecule has 2 saturated heterocycles. The topological polar surface area (TPSA) is 52.7 Å². The van der Waals surface area contributed by atoms with Gasteiger partial charge in [0.2, 0.25) is 0 Å². The van der Waals surface area contributed by atoms with Gasteiger partial charge < -0.3 is 15.1 Å². The number of nitrogens with one attached hydrogen (secondary N) is 1. The van der Waals surface area contributed by atoms with Gasteiger partial charge in [-0.05, 0) is 57.9 Å². The van der Waals surface area contributed by atoms with Gasteiger partial charge in [-0.1, -0.05) is 0 Å². The summed E-state index contributed by atoms with van der Waals surface area (Å²) in [6.45, 7) is 7.39. The van der Waals surface area contributed by atoms with E-state index >= 15 is 0 Å². The molecule has 0 bridgehead atoms. The van der Waals surface area contributed by atoms with Gasteiger partial charge in [0.15, 0.2) is 0 Å². The number of carbonyl (C=O) groups excluding carboxylic acids is 2. The Bertz CT molecular complexity index is 767. The Labute approximate surface area is 173 Å². The summed E-state index contributed by atoms with van der Waals surface area (Å²) < 4.78 is 38.3. The van der Waals surface area contributed by atoms with Gasteiger partial charge in [-0.2, -0.15) is 13.2 Å². The minimum atomic E-state index is -4.42. The fourth-order valence-corrected chi connectivity index (χ4v) is 5.18. The first-order chi connectivity index (χ1) is 13.4. The van der Waals surface area contributed by atoms with Crippen molar-refractivity contribution in [1.82, 2.24) is 15.1 Å². The second-order valence-electron chi connectivity index (χ2n) is 8.49. The van der Waals surface area contributed by atoms with Crippen molar-refractivity contribution in [2.75, 3.05) is 25.4 Å². The number of hydrogen-bond donors (Lipinski definition) is 1. The quantitative estimate of drug-likeness (QED) is 0.728. The summed E-state index contributed by atoms with van der Waals surface area (Å²) in [6, 6.07) is 4.27. The van der Waals surface area contributed by atoms with Gasteiger partial charge in [-0.3, -0.25) is 4.79 Å². The molecule has 0 unspecified atom stereocenters. The number of rotatable bonds is 1. The van der Waals surface area contributed by atoms with Crippen LogP contribution in [0.4, 0.5) is 18.0 Å². The molecule has 0 radical (unpaired) electrons. The molecule has 9 heteroatoms. The molecular formula is C20H26F3N3O2S. The van der Waals surface area contributed by atoms with E-state index in [9.17, 15) is 22.8 Å². The minimum Gasteiger partial charge on any atom is -0.333 e. The zero-order valence-electron chi connectivity index (χ0n) is 16.8. The van der Waals surface area contributed by atoms with Crippen molar-refractivity contribution < 1.29 is 22.8 Å². The molecule has 0 atom stereocenters. The second kappa shape index (κ2) is 7.74. The Hall–Kier alpha value is -1.90. The maximum atomic E-state index is 13.0. The summed E-state index contributed by atoms with van der Waals surface area (Å²) in [5.74, 6) is 0.525. The highest BCUT2D eigenvalue weighted by molar-refractivity contribution is 8.00. The molecule has 2 aliphatic heterocycles. The largest absolute Gasteiger partial charge is 0.416 e. The molecule has 0 saturated carbocycles. The molecule has 1 aromatic carbocycles. The molecule has 3 rings (SSSR count). The minimum absolute atomic E-state index is 0.115. The van der Waals surface area contributed by atoms with Crippen LogP contribution < -0.4 is 5.32 Å². The maximum Gasteiger partial charge on any atom is 0.416 e. The summed E-state index contributed by atoms with van der Waals surface area (Å²) in [5.41, 5.74) is -0.829. The molecule has 2 heterocycles. The standard InChI is InChI=1S/C20H26F3N3O2S/c1-18(2,3)24-17(28)25-10-8-19(9-11-25)26(12-13-29-19)16(27)14-4-6-15(7-5-14)20(21,22)23/h4-7H,8-13H2,1-3H3,(H,24,28). The molecule has 0 aliphatic carbocycles. The lowest BCUT2D eigenvalue weighted by Crippen LogP contribution is -2.56. The van der Waals surface area contributed by atoms with Crippen molar-refractivity contribution in [3.8, 4) is 0 Å². The highest BCUT2D eigenvalue weighted by atomic mass is 32.2. The van der Waals surface area contributed by atoms with Crippen LogP contribution in [0.15, 0.2) is 24.3 Å². The third-order valence-electron chi connectivity index (χ3n) is 5.20. The number of alkyl halides is 3. The number of thioether (sulfide) groups is 1. The van der Waals surface area contributed by atoms with Crippen LogP contribution in [0.25, 0.3) is 0 Å². The number of nitrogens with zero attached hydrogens (tertiary/aromatic N) is 2. The van der Waals surface area contributed by atoms with E-state index in [-0.39, 0.29) is 23.0 Å². The number of amides is 3. The van der Waals surface area contributed by atoms with Crippen LogP contribution in [0.3, 0.4) is 0 Å². The van der Waals surface area contributed by atoms with E-state index in [0.29, 0.717) is 32.5 Å². The van der Waals surface area contributed by atoms with Crippen LogP contribution >= 0.6 is 11.8 Å². The van der Waals surface area contributed by atoms with Crippen molar-refractivity contribution in [3.05, 3.63) is 35.4 Å². The summed E-state index contributed by atoms with van der Waals surface area (Å²) in [6.07, 6.45) is -3.14. The predicted octanol–water partition coefficient (Wildman–Crippen LogP) is 4.19. The van der Waals surface area contributed by atoms with Crippen LogP contribution in [0, 0.1) is 0 Å². The zero-order valence-corrected chi connectivity index (χ0v) is 17.6. The van der Waals surface area contributed by atoms with Gasteiger partial charge in [0.25, 0.3) is 5.91 Å². The number of halogens is 3. The van der Waals surface area contributed by atoms with E-state index in [4.69, 9.17) is 0 Å². The second-order valence-corrected chi connectivity index (χ2v) is 9.95. The van der Waals surface area contributed by atoms with Gasteiger partial charge in [-0.15, -0.1) is 11.8 Å². The Morgan fingerprint density at radius 2 is 1.62 bits per heavy atom. The summed E-state index contributed by atoms with van der Waals surface area (Å²) in [4.78, 5) is 28.6. The molecular weight excluding hydrogens is 403 g/mol. The van der Waals surface area contributed by atoms with Crippen LogP contribution in [0.2, 0.25) is 0 Å². The highest BCUT2D eigenvalue weighted by Crippen LogP contribution is 2.44. The monoisotopic (exact) mass is 429 g/mol. The average Bonchev–Trinajstić information content (AvgIpc) is 3.02. The Kier molecular flexibility index (Phi) is 5.82. The molecule has 1 aromatic rings. The average molecular weight is 430 g/mol. The van der Waals surface area contributed by atoms with Crippen LogP contribution in [-0.2, 0) is 6.18 Å². The van der Waals surface area contributed by atoms with Gasteiger partial charge in [0.05, 0.1) is 10.4 Å². The first-order valence-electron chi connectivity index (χ1n) is 9.62. The Balaban J connectivity index is 1.69. The lowest BCUT2D eigenvalue weighted by molar-refractivity contribution is -0.137. The molecule has 5 nitrogen and oxygen atoms in total. The molecule has 1 spiro atoms. The summed E-state index contributed by atoms with van der Waals surface area (Å²) in [5, 5.41) is 2.95. The third kappa shape index (κ3) is 4.82. The molecule has 0 aromatic heterocycles. The predicted molar refractivity (Wildman–Crippen MR) is 107 cm³/mol. The van der Waals surface area contributed by atoms with E-state index in [1.165, 1.54) is 12.1 Å². The van der Waals surface area contributed by atoms with E-state index in [2.05, 4.69) is 5.32 Å². The Morgan fingerprint density at radius 1 is 1.03 bits per heavy atom. The smallest absolute Gasteiger partial charge is 0.333 e. The molecule has 29 heavy (non-hydrogen) atoms. The van der Waals surface area contributed by atoms with Crippen LogP contribution in [0.1, 0.15) is 49.5 Å². The molecule has 2 fully saturated rings. The van der Waals surface area contributed by atoms with E-state index in [1.54, 1.807) is 21.6 Å². The molecule has 3 amide bonds. The number of carbonyl (C=O) groups is 2. The van der Waals surface area contributed by atoms with Gasteiger partial charge in [-0.25, -0.2) is 4.79 Å². The third-order valence-corrected chi connectivity index (χ3v) is 6.75. The fourth-order valence-electron chi connectivity index (χ4n) is 3.73. The van der Waals surface area contributed by atoms with Crippen LogP contribution in [-0.4, -0.2) is 57.5 Å². The molecule has 160 valence electrons. The lowest BCUT2D eigenvalue weighted by atomic mass is 10.0. The molecule has 1 N–H and O–H groups in total. The number of likely N-dealkylation sites (tertiary alicyclic amines) is 1. The fraction of sp³-hybridized carbons (Fsp3) is 0.600. The molecule has 2 aliphatic rings. The number of piperidine rings is 1. The summed E-state index contributed by atoms with van der Waals surface area (Å²) >= 11 is 1.70. The lowest BCUT2D eigenvalue weighted by Gasteiger charge is -2.44. The van der Waals surface area contributed by atoms with E-state index in [0.717, 1.165) is 17.9 Å². The van der Waals surface area contributed by atoms with Crippen molar-refractivity contribution in [2.24, 2.45) is 0 Å². The normalized spacial score (nSPS) is 19.5. The van der Waals surface area contributed by atoms with Crippen LogP contribution in [0.5, 0.6) is 0 Å². The van der Waals surface area contributed by atoms with E-state index in [1.807, 2.05) is 20.8 Å². The number of benzene rings is 1. The SMILES string of the molecule is CC(C)(C)NC(=O)N1CCC2(CC1)SCCN2C(=O)c1ccc(C(F)(F)F)cc1. The van der Waals surface area contributed by atoms with Crippen molar-refractivity contribution in [2.45, 2.75) is 50.2 Å². The zero-order chi connectivity index (χ0) is 21.4. The first-order valence-corrected chi connectivity index (χ1v) is 10.6. The van der Waals surface area contributed by atoms with Gasteiger partial charge in [0, 0.05) is 36.5 Å². The Morgan fingerprint density at radius 3 is 2.14 bits per heavy atom. The van der Waals surface area contributed by atoms with Crippen molar-refractivity contribution in [1.29, 1.82) is 0 Å². The van der Waals surface area contributed by atoms with Crippen molar-refractivity contribution in [3.63, 3.8) is 0 Å². The van der Waals surface area contributed by atoms with Gasteiger partial charge in [0.1, 0.15) is 0 Å². The van der Waals surface area contributed by atoms with Gasteiger partial charge >= 0.3 is 12.2 Å².